The summed E-state index contributed by atoms with van der Waals surface area (Å²) in [7, 11) is 0. The van der Waals surface area contributed by atoms with Gasteiger partial charge in [0.1, 0.15) is 0 Å². The lowest BCUT2D eigenvalue weighted by Crippen LogP contribution is -2.22. The van der Waals surface area contributed by atoms with Crippen LogP contribution in [-0.2, 0) is 13.0 Å². The Hall–Kier alpha value is -1.63. The average Bonchev–Trinajstić information content (AvgIpc) is 2.92. The Labute approximate surface area is 126 Å². The highest BCUT2D eigenvalue weighted by molar-refractivity contribution is 7.11. The van der Waals surface area contributed by atoms with Crippen molar-refractivity contribution in [1.82, 2.24) is 10.3 Å². The molecule has 0 aromatic carbocycles. The summed E-state index contributed by atoms with van der Waals surface area (Å²) in [5.74, 6) is 5.36. The van der Waals surface area contributed by atoms with Crippen LogP contribution in [0.4, 0.5) is 5.82 Å². The highest BCUT2D eigenvalue weighted by Gasteiger charge is 2.09. The fourth-order valence-corrected chi connectivity index (χ4v) is 2.76. The van der Waals surface area contributed by atoms with Crippen molar-refractivity contribution in [3.05, 3.63) is 44.7 Å². The van der Waals surface area contributed by atoms with Gasteiger partial charge >= 0.3 is 0 Å². The Bertz CT molecular complexity index is 614. The van der Waals surface area contributed by atoms with Crippen molar-refractivity contribution < 1.29 is 4.79 Å². The number of nitrogens with two attached hydrogens (primary N) is 1. The molecule has 0 saturated carbocycles. The number of hydrogen-bond acceptors (Lipinski definition) is 5. The van der Waals surface area contributed by atoms with Crippen LogP contribution in [0.5, 0.6) is 0 Å². The van der Waals surface area contributed by atoms with Gasteiger partial charge in [0.25, 0.3) is 5.91 Å². The van der Waals surface area contributed by atoms with Gasteiger partial charge in [-0.1, -0.05) is 18.5 Å². The van der Waals surface area contributed by atoms with Crippen molar-refractivity contribution in [2.45, 2.75) is 19.9 Å². The maximum atomic E-state index is 12.0. The number of nitrogens with zero attached hydrogens (tertiary/aromatic N) is 1. The number of rotatable bonds is 5. The highest BCUT2D eigenvalue weighted by Crippen LogP contribution is 2.19. The van der Waals surface area contributed by atoms with Crippen LogP contribution in [0.15, 0.2) is 24.4 Å². The van der Waals surface area contributed by atoms with Crippen LogP contribution in [0, 0.1) is 0 Å². The summed E-state index contributed by atoms with van der Waals surface area (Å²) < 4.78 is 0. The molecule has 2 aromatic rings. The molecule has 4 N–H and O–H groups in total. The molecule has 0 aliphatic rings. The minimum absolute atomic E-state index is 0.214. The molecule has 20 heavy (non-hydrogen) atoms. The van der Waals surface area contributed by atoms with Gasteiger partial charge in [-0.05, 0) is 24.6 Å². The van der Waals surface area contributed by atoms with Crippen LogP contribution in [0.3, 0.4) is 0 Å². The summed E-state index contributed by atoms with van der Waals surface area (Å²) in [5.41, 5.74) is 2.76. The maximum Gasteiger partial charge on any atom is 0.253 e. The molecule has 0 spiro atoms. The molecule has 1 amide bonds. The number of amides is 1. The molecule has 5 nitrogen and oxygen atoms in total. The van der Waals surface area contributed by atoms with E-state index in [0.29, 0.717) is 22.9 Å². The number of hydrogen-bond donors (Lipinski definition) is 3. The maximum absolute atomic E-state index is 12.0. The van der Waals surface area contributed by atoms with E-state index in [9.17, 15) is 4.79 Å². The van der Waals surface area contributed by atoms with E-state index in [1.165, 1.54) is 17.1 Å². The fourth-order valence-electron chi connectivity index (χ4n) is 1.65. The summed E-state index contributed by atoms with van der Waals surface area (Å²) in [6, 6.07) is 5.63. The predicted molar refractivity (Wildman–Crippen MR) is 81.9 cm³/mol. The van der Waals surface area contributed by atoms with Crippen molar-refractivity contribution in [2.24, 2.45) is 5.84 Å². The molecule has 0 atom stereocenters. The van der Waals surface area contributed by atoms with E-state index in [0.717, 1.165) is 11.3 Å². The van der Waals surface area contributed by atoms with Gasteiger partial charge in [-0.15, -0.1) is 11.3 Å². The summed E-state index contributed by atoms with van der Waals surface area (Å²) in [6.07, 6.45) is 2.44. The summed E-state index contributed by atoms with van der Waals surface area (Å²) in [4.78, 5) is 18.4. The van der Waals surface area contributed by atoms with Crippen molar-refractivity contribution in [1.29, 1.82) is 0 Å². The molecule has 0 aliphatic heterocycles. The minimum atomic E-state index is -0.214. The number of aromatic nitrogens is 1. The summed E-state index contributed by atoms with van der Waals surface area (Å²) in [6.45, 7) is 2.60. The fraction of sp³-hybridized carbons (Fsp3) is 0.231. The van der Waals surface area contributed by atoms with Crippen LogP contribution in [0.2, 0.25) is 5.02 Å². The number of nitrogens with one attached hydrogen (secondary N) is 2. The second kappa shape index (κ2) is 6.69. The van der Waals surface area contributed by atoms with Crippen molar-refractivity contribution in [3.63, 3.8) is 0 Å². The summed E-state index contributed by atoms with van der Waals surface area (Å²) in [5, 5.41) is 3.15. The molecule has 2 aromatic heterocycles. The van der Waals surface area contributed by atoms with E-state index in [4.69, 9.17) is 17.4 Å². The molecule has 0 saturated heterocycles. The number of pyridine rings is 1. The predicted octanol–water partition coefficient (Wildman–Crippen LogP) is 2.57. The number of anilines is 1. The lowest BCUT2D eigenvalue weighted by molar-refractivity contribution is 0.0951. The number of halogens is 1. The van der Waals surface area contributed by atoms with Crippen LogP contribution < -0.4 is 16.6 Å². The molecule has 7 heteroatoms. The third-order valence-corrected chi connectivity index (χ3v) is 4.25. The van der Waals surface area contributed by atoms with Crippen LogP contribution in [-0.4, -0.2) is 10.9 Å². The first-order valence-corrected chi connectivity index (χ1v) is 7.31. The van der Waals surface area contributed by atoms with Gasteiger partial charge in [-0.25, -0.2) is 10.8 Å². The number of thiophene rings is 1. The smallest absolute Gasteiger partial charge is 0.253 e. The van der Waals surface area contributed by atoms with E-state index in [1.54, 1.807) is 11.3 Å². The lowest BCUT2D eigenvalue weighted by atomic mass is 10.2. The normalized spacial score (nSPS) is 10.3. The number of carbonyl (C=O) groups excluding carboxylic acids is 1. The van der Waals surface area contributed by atoms with Crippen LogP contribution in [0.1, 0.15) is 27.0 Å². The molecule has 2 heterocycles. The molecular formula is C13H15ClN4OS. The molecule has 0 bridgehead atoms. The van der Waals surface area contributed by atoms with E-state index in [2.05, 4.69) is 28.7 Å². The molecule has 106 valence electrons. The van der Waals surface area contributed by atoms with Crippen LogP contribution >= 0.6 is 22.9 Å². The SMILES string of the molecule is CCc1ccc(CNC(=O)c2cnc(NN)c(Cl)c2)s1. The van der Waals surface area contributed by atoms with Gasteiger partial charge in [0, 0.05) is 16.0 Å². The van der Waals surface area contributed by atoms with E-state index >= 15 is 0 Å². The van der Waals surface area contributed by atoms with Gasteiger partial charge in [0.15, 0.2) is 5.82 Å². The Morgan fingerprint density at radius 1 is 1.45 bits per heavy atom. The monoisotopic (exact) mass is 310 g/mol. The van der Waals surface area contributed by atoms with Gasteiger partial charge in [-0.2, -0.15) is 0 Å². The van der Waals surface area contributed by atoms with Gasteiger partial charge in [0.2, 0.25) is 0 Å². The topological polar surface area (TPSA) is 80.0 Å². The number of hydrazine groups is 1. The standard InChI is InChI=1S/C13H15ClN4OS/c1-2-9-3-4-10(20-9)7-17-13(19)8-5-11(14)12(18-15)16-6-8/h3-6H,2,7,15H2,1H3,(H,16,18)(H,17,19). The number of nitrogen functional groups attached to an aromatic ring is 1. The number of carbonyl (C=O) groups is 1. The molecule has 0 aliphatic carbocycles. The molecule has 0 fully saturated rings. The quantitative estimate of drug-likeness (QED) is 0.586. The average molecular weight is 311 g/mol. The third kappa shape index (κ3) is 3.47. The highest BCUT2D eigenvalue weighted by atomic mass is 35.5. The largest absolute Gasteiger partial charge is 0.347 e. The molecule has 2 rings (SSSR count). The van der Waals surface area contributed by atoms with E-state index in [-0.39, 0.29) is 5.91 Å². The molecule has 0 radical (unpaired) electrons. The first kappa shape index (κ1) is 14.8. The first-order valence-electron chi connectivity index (χ1n) is 6.12. The lowest BCUT2D eigenvalue weighted by Gasteiger charge is -2.06. The zero-order valence-electron chi connectivity index (χ0n) is 10.9. The van der Waals surface area contributed by atoms with Crippen LogP contribution in [0.25, 0.3) is 0 Å². The van der Waals surface area contributed by atoms with Gasteiger partial charge in [-0.3, -0.25) is 4.79 Å². The zero-order valence-corrected chi connectivity index (χ0v) is 12.5. The molecular weight excluding hydrogens is 296 g/mol. The summed E-state index contributed by atoms with van der Waals surface area (Å²) >= 11 is 7.63. The van der Waals surface area contributed by atoms with Gasteiger partial charge < -0.3 is 10.7 Å². The Morgan fingerprint density at radius 3 is 2.80 bits per heavy atom. The second-order valence-corrected chi connectivity index (χ2v) is 5.76. The van der Waals surface area contributed by atoms with Crippen molar-refractivity contribution in [2.75, 3.05) is 5.43 Å². The Morgan fingerprint density at radius 2 is 2.20 bits per heavy atom. The molecule has 0 unspecified atom stereocenters. The van der Waals surface area contributed by atoms with E-state index < -0.39 is 0 Å². The van der Waals surface area contributed by atoms with Gasteiger partial charge in [0.05, 0.1) is 17.1 Å². The Kier molecular flexibility index (Phi) is 4.94. The third-order valence-electron chi connectivity index (χ3n) is 2.73. The van der Waals surface area contributed by atoms with Crippen molar-refractivity contribution in [3.8, 4) is 0 Å². The minimum Gasteiger partial charge on any atom is -0.347 e. The number of aryl methyl sites for hydroxylation is 1. The zero-order chi connectivity index (χ0) is 14.5. The van der Waals surface area contributed by atoms with Crippen molar-refractivity contribution >= 4 is 34.7 Å². The first-order chi connectivity index (χ1) is 9.63. The second-order valence-electron chi connectivity index (χ2n) is 4.10. The van der Waals surface area contributed by atoms with E-state index in [1.807, 2.05) is 6.07 Å². The Balaban J connectivity index is 1.99.